The molecule has 30 heavy (non-hydrogen) atoms. The number of halogens is 4. The topological polar surface area (TPSA) is 90.3 Å². The lowest BCUT2D eigenvalue weighted by molar-refractivity contribution is -0.192. The first-order chi connectivity index (χ1) is 13.9. The molecule has 2 rings (SSSR count). The van der Waals surface area contributed by atoms with Crippen molar-refractivity contribution in [3.05, 3.63) is 28.8 Å². The number of carbonyl (C=O) groups is 2. The van der Waals surface area contributed by atoms with Crippen LogP contribution in [-0.2, 0) is 16.1 Å². The highest BCUT2D eigenvalue weighted by molar-refractivity contribution is 6.31. The Morgan fingerprint density at radius 3 is 2.40 bits per heavy atom. The van der Waals surface area contributed by atoms with Gasteiger partial charge in [-0.3, -0.25) is 14.6 Å². The Hall–Kier alpha value is -2.04. The van der Waals surface area contributed by atoms with Gasteiger partial charge in [-0.1, -0.05) is 17.7 Å². The van der Waals surface area contributed by atoms with Gasteiger partial charge in [-0.25, -0.2) is 4.79 Å². The number of alkyl halides is 3. The number of likely N-dealkylation sites (N-methyl/N-ethyl adjacent to an activating group) is 1. The van der Waals surface area contributed by atoms with E-state index in [0.29, 0.717) is 6.04 Å². The van der Waals surface area contributed by atoms with Crippen molar-refractivity contribution in [2.24, 2.45) is 0 Å². The number of carboxylic acid groups (broad SMARTS) is 2. The van der Waals surface area contributed by atoms with Gasteiger partial charge in [0.15, 0.2) is 0 Å². The Morgan fingerprint density at radius 2 is 1.90 bits per heavy atom. The fraction of sp³-hybridized carbons (Fsp3) is 0.579. The third-order valence-corrected chi connectivity index (χ3v) is 5.05. The molecule has 1 heterocycles. The van der Waals surface area contributed by atoms with Crippen molar-refractivity contribution >= 4 is 23.5 Å². The summed E-state index contributed by atoms with van der Waals surface area (Å²) in [6, 6.07) is 6.13. The molecule has 0 bridgehead atoms. The summed E-state index contributed by atoms with van der Waals surface area (Å²) in [4.78, 5) is 24.1. The van der Waals surface area contributed by atoms with Crippen LogP contribution in [-0.4, -0.2) is 78.0 Å². The third kappa shape index (κ3) is 9.19. The standard InChI is InChI=1S/C17H25ClN2O3.C2HF3O2/c1-19(12-17(21)22)14-4-3-8-20(9-7-14)11-13-5-6-15(23-2)10-16(13)18;3-2(4,5)1(6)7/h5-6,10,14H,3-4,7-9,11-12H2,1-2H3,(H,21,22);(H,6,7). The molecule has 11 heteroatoms. The zero-order chi connectivity index (χ0) is 22.9. The van der Waals surface area contributed by atoms with Crippen molar-refractivity contribution in [3.8, 4) is 5.75 Å². The molecule has 170 valence electrons. The predicted octanol–water partition coefficient (Wildman–Crippen LogP) is 3.35. The van der Waals surface area contributed by atoms with Gasteiger partial charge in [0.05, 0.1) is 13.7 Å². The van der Waals surface area contributed by atoms with Crippen molar-refractivity contribution in [3.63, 3.8) is 0 Å². The third-order valence-electron chi connectivity index (χ3n) is 4.69. The van der Waals surface area contributed by atoms with Gasteiger partial charge in [-0.2, -0.15) is 13.2 Å². The molecule has 0 spiro atoms. The van der Waals surface area contributed by atoms with Gasteiger partial charge < -0.3 is 14.9 Å². The molecule has 1 aromatic rings. The van der Waals surface area contributed by atoms with E-state index in [-0.39, 0.29) is 6.54 Å². The van der Waals surface area contributed by atoms with Crippen LogP contribution in [0.2, 0.25) is 5.02 Å². The van der Waals surface area contributed by atoms with Crippen LogP contribution in [0.25, 0.3) is 0 Å². The summed E-state index contributed by atoms with van der Waals surface area (Å²) in [5, 5.41) is 16.8. The van der Waals surface area contributed by atoms with Gasteiger partial charge in [0.1, 0.15) is 5.75 Å². The summed E-state index contributed by atoms with van der Waals surface area (Å²) >= 11 is 6.32. The molecular weight excluding hydrogens is 429 g/mol. The molecule has 0 amide bonds. The number of benzene rings is 1. The summed E-state index contributed by atoms with van der Waals surface area (Å²) in [6.07, 6.45) is -1.99. The van der Waals surface area contributed by atoms with Crippen LogP contribution in [0.1, 0.15) is 24.8 Å². The molecule has 0 saturated carbocycles. The van der Waals surface area contributed by atoms with Crippen molar-refractivity contribution in [2.75, 3.05) is 33.8 Å². The molecule has 1 aliphatic heterocycles. The van der Waals surface area contributed by atoms with E-state index in [0.717, 1.165) is 55.2 Å². The van der Waals surface area contributed by atoms with E-state index in [2.05, 4.69) is 4.90 Å². The first kappa shape index (κ1) is 26.0. The lowest BCUT2D eigenvalue weighted by atomic mass is 10.1. The smallest absolute Gasteiger partial charge is 0.490 e. The van der Waals surface area contributed by atoms with Crippen molar-refractivity contribution in [1.82, 2.24) is 9.80 Å². The number of hydrogen-bond donors (Lipinski definition) is 2. The van der Waals surface area contributed by atoms with Crippen LogP contribution < -0.4 is 4.74 Å². The van der Waals surface area contributed by atoms with Crippen LogP contribution in [0, 0.1) is 0 Å². The number of nitrogens with zero attached hydrogens (tertiary/aromatic N) is 2. The number of aliphatic carboxylic acids is 2. The number of carboxylic acids is 2. The molecule has 1 unspecified atom stereocenters. The van der Waals surface area contributed by atoms with Gasteiger partial charge in [0.25, 0.3) is 0 Å². The van der Waals surface area contributed by atoms with Gasteiger partial charge in [-0.15, -0.1) is 0 Å². The van der Waals surface area contributed by atoms with E-state index < -0.39 is 18.1 Å². The first-order valence-corrected chi connectivity index (χ1v) is 9.58. The zero-order valence-electron chi connectivity index (χ0n) is 16.8. The largest absolute Gasteiger partial charge is 0.497 e. The summed E-state index contributed by atoms with van der Waals surface area (Å²) in [5.74, 6) is -2.75. The summed E-state index contributed by atoms with van der Waals surface area (Å²) in [5.41, 5.74) is 1.10. The molecule has 1 atom stereocenters. The highest BCUT2D eigenvalue weighted by Gasteiger charge is 2.38. The zero-order valence-corrected chi connectivity index (χ0v) is 17.5. The molecule has 1 aliphatic rings. The molecular formula is C19H26ClF3N2O5. The summed E-state index contributed by atoms with van der Waals surface area (Å²) in [7, 11) is 3.53. The normalized spacial score (nSPS) is 17.6. The second-order valence-corrected chi connectivity index (χ2v) is 7.34. The Morgan fingerprint density at radius 1 is 1.27 bits per heavy atom. The van der Waals surface area contributed by atoms with E-state index >= 15 is 0 Å². The predicted molar refractivity (Wildman–Crippen MR) is 105 cm³/mol. The highest BCUT2D eigenvalue weighted by atomic mass is 35.5. The van der Waals surface area contributed by atoms with Crippen molar-refractivity contribution in [1.29, 1.82) is 0 Å². The maximum absolute atomic E-state index is 10.9. The fourth-order valence-electron chi connectivity index (χ4n) is 3.10. The molecule has 0 aliphatic carbocycles. The second kappa shape index (κ2) is 12.0. The average Bonchev–Trinajstić information content (AvgIpc) is 2.88. The van der Waals surface area contributed by atoms with E-state index in [1.165, 1.54) is 0 Å². The van der Waals surface area contributed by atoms with Gasteiger partial charge in [-0.05, 0) is 57.1 Å². The van der Waals surface area contributed by atoms with E-state index in [1.54, 1.807) is 7.11 Å². The molecule has 0 radical (unpaired) electrons. The van der Waals surface area contributed by atoms with Gasteiger partial charge in [0.2, 0.25) is 0 Å². The van der Waals surface area contributed by atoms with E-state index in [4.69, 9.17) is 31.3 Å². The molecule has 7 nitrogen and oxygen atoms in total. The molecule has 0 aromatic heterocycles. The molecule has 2 N–H and O–H groups in total. The second-order valence-electron chi connectivity index (χ2n) is 6.93. The quantitative estimate of drug-likeness (QED) is 0.681. The maximum Gasteiger partial charge on any atom is 0.490 e. The maximum atomic E-state index is 10.9. The van der Waals surface area contributed by atoms with Crippen molar-refractivity contribution < 1.29 is 37.7 Å². The molecule has 1 saturated heterocycles. The number of hydrogen-bond acceptors (Lipinski definition) is 5. The number of likely N-dealkylation sites (tertiary alicyclic amines) is 1. The van der Waals surface area contributed by atoms with E-state index in [1.807, 2.05) is 30.1 Å². The van der Waals surface area contributed by atoms with Crippen LogP contribution in [0.15, 0.2) is 18.2 Å². The van der Waals surface area contributed by atoms with Crippen LogP contribution in [0.5, 0.6) is 5.75 Å². The SMILES string of the molecule is COc1ccc(CN2CCCC(N(C)CC(=O)O)CC2)c(Cl)c1.O=C(O)C(F)(F)F. The summed E-state index contributed by atoms with van der Waals surface area (Å²) in [6.45, 7) is 2.89. The van der Waals surface area contributed by atoms with Crippen LogP contribution in [0.3, 0.4) is 0 Å². The number of methoxy groups -OCH3 is 1. The minimum atomic E-state index is -5.08. The molecule has 1 aromatic carbocycles. The average molecular weight is 455 g/mol. The lowest BCUT2D eigenvalue weighted by Crippen LogP contribution is -2.36. The lowest BCUT2D eigenvalue weighted by Gasteiger charge is -2.25. The number of ether oxygens (including phenoxy) is 1. The Bertz CT molecular complexity index is 718. The Balaban J connectivity index is 0.000000553. The van der Waals surface area contributed by atoms with Crippen LogP contribution in [0.4, 0.5) is 13.2 Å². The van der Waals surface area contributed by atoms with Gasteiger partial charge >= 0.3 is 18.1 Å². The highest BCUT2D eigenvalue weighted by Crippen LogP contribution is 2.25. The Labute approximate surface area is 178 Å². The molecule has 1 fully saturated rings. The van der Waals surface area contributed by atoms with E-state index in [9.17, 15) is 18.0 Å². The monoisotopic (exact) mass is 454 g/mol. The van der Waals surface area contributed by atoms with Crippen molar-refractivity contribution in [2.45, 2.75) is 38.0 Å². The first-order valence-electron chi connectivity index (χ1n) is 9.21. The minimum Gasteiger partial charge on any atom is -0.497 e. The Kier molecular flexibility index (Phi) is 10.4. The van der Waals surface area contributed by atoms with Gasteiger partial charge in [0, 0.05) is 17.6 Å². The minimum absolute atomic E-state index is 0.106. The fourth-order valence-corrected chi connectivity index (χ4v) is 3.33. The summed E-state index contributed by atoms with van der Waals surface area (Å²) < 4.78 is 36.9. The number of rotatable bonds is 6. The van der Waals surface area contributed by atoms with Crippen LogP contribution >= 0.6 is 11.6 Å².